The first-order chi connectivity index (χ1) is 14.9. The Balaban J connectivity index is 1.93. The maximum Gasteiger partial charge on any atom is 0.300 e. The molecule has 1 amide bonds. The van der Waals surface area contributed by atoms with E-state index in [1.165, 1.54) is 29.2 Å². The lowest BCUT2D eigenvalue weighted by Gasteiger charge is -2.25. The fraction of sp³-hybridized carbons (Fsp3) is 0.0833. The van der Waals surface area contributed by atoms with E-state index in [0.717, 1.165) is 5.56 Å². The van der Waals surface area contributed by atoms with Crippen molar-refractivity contribution in [2.45, 2.75) is 13.0 Å². The molecule has 1 aliphatic rings. The molecule has 0 aromatic heterocycles. The Morgan fingerprint density at radius 3 is 2.13 bits per heavy atom. The number of benzene rings is 3. The smallest absolute Gasteiger partial charge is 0.300 e. The number of hydrogen-bond donors (Lipinski definition) is 1. The number of aliphatic hydroxyl groups excluding tert-OH is 1. The average molecular weight is 414 g/mol. The van der Waals surface area contributed by atoms with Crippen LogP contribution in [0.15, 0.2) is 84.4 Å². The van der Waals surface area contributed by atoms with E-state index in [4.69, 9.17) is 0 Å². The van der Waals surface area contributed by atoms with Crippen LogP contribution < -0.4 is 4.90 Å². The third-order valence-corrected chi connectivity index (χ3v) is 5.22. The van der Waals surface area contributed by atoms with Gasteiger partial charge in [-0.05, 0) is 36.8 Å². The molecule has 1 aliphatic heterocycles. The first-order valence-electron chi connectivity index (χ1n) is 9.56. The third kappa shape index (κ3) is 3.57. The van der Waals surface area contributed by atoms with E-state index in [2.05, 4.69) is 0 Å². The predicted molar refractivity (Wildman–Crippen MR) is 116 cm³/mol. The molecule has 7 nitrogen and oxygen atoms in total. The number of carbonyl (C=O) groups is 2. The van der Waals surface area contributed by atoms with Crippen LogP contribution >= 0.6 is 0 Å². The second-order valence-electron chi connectivity index (χ2n) is 7.22. The summed E-state index contributed by atoms with van der Waals surface area (Å²) in [7, 11) is 0. The second-order valence-corrected chi connectivity index (χ2v) is 7.22. The summed E-state index contributed by atoms with van der Waals surface area (Å²) >= 11 is 0. The number of nitro groups is 1. The van der Waals surface area contributed by atoms with Crippen molar-refractivity contribution in [3.8, 4) is 0 Å². The quantitative estimate of drug-likeness (QED) is 0.222. The summed E-state index contributed by atoms with van der Waals surface area (Å²) in [5.41, 5.74) is 2.17. The lowest BCUT2D eigenvalue weighted by atomic mass is 9.95. The molecule has 0 saturated carbocycles. The fourth-order valence-corrected chi connectivity index (χ4v) is 3.65. The molecule has 4 rings (SSSR count). The molecule has 0 spiro atoms. The van der Waals surface area contributed by atoms with Crippen molar-refractivity contribution in [1.82, 2.24) is 0 Å². The van der Waals surface area contributed by atoms with Crippen molar-refractivity contribution in [3.63, 3.8) is 0 Å². The van der Waals surface area contributed by atoms with Gasteiger partial charge in [0.05, 0.1) is 16.5 Å². The van der Waals surface area contributed by atoms with E-state index in [1.54, 1.807) is 42.5 Å². The molecule has 7 heteroatoms. The zero-order valence-electron chi connectivity index (χ0n) is 16.6. The van der Waals surface area contributed by atoms with Gasteiger partial charge in [0, 0.05) is 23.4 Å². The summed E-state index contributed by atoms with van der Waals surface area (Å²) in [6.45, 7) is 1.90. The second kappa shape index (κ2) is 7.87. The highest BCUT2D eigenvalue weighted by atomic mass is 16.6. The number of rotatable bonds is 4. The molecule has 3 aromatic carbocycles. The SMILES string of the molecule is Cc1ccc(N2C(=O)C(=O)/C(=C(/O)c3ccccc3)[C@H]2c2ccc([N+](=O)[O-])cc2)cc1. The summed E-state index contributed by atoms with van der Waals surface area (Å²) in [6, 6.07) is 20.3. The third-order valence-electron chi connectivity index (χ3n) is 5.22. The van der Waals surface area contributed by atoms with Gasteiger partial charge < -0.3 is 5.11 Å². The molecule has 0 unspecified atom stereocenters. The van der Waals surface area contributed by atoms with Gasteiger partial charge >= 0.3 is 0 Å². The summed E-state index contributed by atoms with van der Waals surface area (Å²) in [4.78, 5) is 37.9. The molecule has 0 aliphatic carbocycles. The molecular formula is C24H18N2O5. The lowest BCUT2D eigenvalue weighted by molar-refractivity contribution is -0.384. The van der Waals surface area contributed by atoms with Crippen LogP contribution in [0, 0.1) is 17.0 Å². The van der Waals surface area contributed by atoms with Crippen molar-refractivity contribution in [1.29, 1.82) is 0 Å². The summed E-state index contributed by atoms with van der Waals surface area (Å²) in [5, 5.41) is 22.0. The van der Waals surface area contributed by atoms with Crippen LogP contribution in [0.3, 0.4) is 0 Å². The van der Waals surface area contributed by atoms with Crippen LogP contribution in [0.2, 0.25) is 0 Å². The monoisotopic (exact) mass is 414 g/mol. The normalized spacial score (nSPS) is 17.7. The van der Waals surface area contributed by atoms with Gasteiger partial charge in [0.15, 0.2) is 0 Å². The van der Waals surface area contributed by atoms with Crippen molar-refractivity contribution in [3.05, 3.63) is 111 Å². The van der Waals surface area contributed by atoms with Gasteiger partial charge in [-0.2, -0.15) is 0 Å². The summed E-state index contributed by atoms with van der Waals surface area (Å²) in [5.74, 6) is -1.88. The van der Waals surface area contributed by atoms with Gasteiger partial charge in [-0.3, -0.25) is 24.6 Å². The fourth-order valence-electron chi connectivity index (χ4n) is 3.65. The number of carbonyl (C=O) groups excluding carboxylic acids is 2. The van der Waals surface area contributed by atoms with Crippen LogP contribution in [0.25, 0.3) is 5.76 Å². The predicted octanol–water partition coefficient (Wildman–Crippen LogP) is 4.53. The average Bonchev–Trinajstić information content (AvgIpc) is 3.05. The number of amides is 1. The maximum absolute atomic E-state index is 13.0. The Bertz CT molecular complexity index is 1200. The molecule has 3 aromatic rings. The van der Waals surface area contributed by atoms with Gasteiger partial charge in [0.1, 0.15) is 5.76 Å². The highest BCUT2D eigenvalue weighted by Crippen LogP contribution is 2.42. The Morgan fingerprint density at radius 1 is 0.935 bits per heavy atom. The van der Waals surface area contributed by atoms with Crippen LogP contribution in [0.1, 0.15) is 22.7 Å². The molecular weight excluding hydrogens is 396 g/mol. The Kier molecular flexibility index (Phi) is 5.09. The zero-order valence-corrected chi connectivity index (χ0v) is 16.6. The first kappa shape index (κ1) is 20.0. The van der Waals surface area contributed by atoms with E-state index in [0.29, 0.717) is 16.8 Å². The molecule has 1 fully saturated rings. The maximum atomic E-state index is 13.0. The molecule has 0 bridgehead atoms. The van der Waals surface area contributed by atoms with Crippen molar-refractivity contribution < 1.29 is 19.6 Å². The van der Waals surface area contributed by atoms with Crippen LogP contribution in [-0.4, -0.2) is 21.7 Å². The van der Waals surface area contributed by atoms with E-state index < -0.39 is 22.7 Å². The van der Waals surface area contributed by atoms with Gasteiger partial charge in [-0.1, -0.05) is 48.0 Å². The van der Waals surface area contributed by atoms with Crippen molar-refractivity contribution in [2.24, 2.45) is 0 Å². The van der Waals surface area contributed by atoms with Gasteiger partial charge in [0.2, 0.25) is 0 Å². The minimum atomic E-state index is -0.927. The number of aryl methyl sites for hydroxylation is 1. The number of non-ortho nitro benzene ring substituents is 1. The van der Waals surface area contributed by atoms with Gasteiger partial charge in [0.25, 0.3) is 17.4 Å². The van der Waals surface area contributed by atoms with E-state index in [-0.39, 0.29) is 17.0 Å². The topological polar surface area (TPSA) is 101 Å². The van der Waals surface area contributed by atoms with E-state index >= 15 is 0 Å². The van der Waals surface area contributed by atoms with Crippen LogP contribution in [-0.2, 0) is 9.59 Å². The molecule has 1 N–H and O–H groups in total. The van der Waals surface area contributed by atoms with E-state index in [9.17, 15) is 24.8 Å². The zero-order chi connectivity index (χ0) is 22.1. The summed E-state index contributed by atoms with van der Waals surface area (Å²) < 4.78 is 0. The number of ketones is 1. The number of anilines is 1. The van der Waals surface area contributed by atoms with Gasteiger partial charge in [-0.15, -0.1) is 0 Å². The molecule has 31 heavy (non-hydrogen) atoms. The number of nitrogens with zero attached hydrogens (tertiary/aromatic N) is 2. The molecule has 0 radical (unpaired) electrons. The number of Topliss-reactive ketones (excluding diaryl/α,β-unsaturated/α-hetero) is 1. The largest absolute Gasteiger partial charge is 0.507 e. The Labute approximate surface area is 178 Å². The first-order valence-corrected chi connectivity index (χ1v) is 9.56. The lowest BCUT2D eigenvalue weighted by Crippen LogP contribution is -2.29. The molecule has 1 saturated heterocycles. The highest BCUT2D eigenvalue weighted by Gasteiger charge is 2.47. The molecule has 1 atom stereocenters. The Hall–Kier alpha value is -4.26. The van der Waals surface area contributed by atoms with Crippen molar-refractivity contribution >= 4 is 28.8 Å². The van der Waals surface area contributed by atoms with Crippen LogP contribution in [0.5, 0.6) is 0 Å². The minimum Gasteiger partial charge on any atom is -0.507 e. The molecule has 1 heterocycles. The van der Waals surface area contributed by atoms with Crippen molar-refractivity contribution in [2.75, 3.05) is 4.90 Å². The molecule has 154 valence electrons. The van der Waals surface area contributed by atoms with Crippen LogP contribution in [0.4, 0.5) is 11.4 Å². The number of hydrogen-bond acceptors (Lipinski definition) is 5. The van der Waals surface area contributed by atoms with E-state index in [1.807, 2.05) is 19.1 Å². The standard InChI is InChI=1S/C24H18N2O5/c1-15-7-11-18(12-8-15)25-21(16-9-13-19(14-10-16)26(30)31)20(23(28)24(25)29)22(27)17-5-3-2-4-6-17/h2-14,21,27H,1H3/b22-20+/t21-/m1/s1. The number of nitro benzene ring substituents is 1. The summed E-state index contributed by atoms with van der Waals surface area (Å²) in [6.07, 6.45) is 0. The highest BCUT2D eigenvalue weighted by molar-refractivity contribution is 6.51. The number of aliphatic hydroxyl groups is 1. The minimum absolute atomic E-state index is 0.0642. The Morgan fingerprint density at radius 2 is 1.55 bits per heavy atom. The van der Waals surface area contributed by atoms with Gasteiger partial charge in [-0.25, -0.2) is 0 Å².